The van der Waals surface area contributed by atoms with E-state index in [-0.39, 0.29) is 23.7 Å². The predicted octanol–water partition coefficient (Wildman–Crippen LogP) is 2.62. The molecule has 1 aliphatic heterocycles. The van der Waals surface area contributed by atoms with Crippen LogP contribution < -0.4 is 5.32 Å². The van der Waals surface area contributed by atoms with Gasteiger partial charge in [0, 0.05) is 0 Å². The fourth-order valence-corrected chi connectivity index (χ4v) is 3.24. The molecule has 1 rings (SSSR count). The molecule has 2 atom stereocenters. The van der Waals surface area contributed by atoms with Gasteiger partial charge in [0.1, 0.15) is 0 Å². The van der Waals surface area contributed by atoms with Crippen LogP contribution in [0.5, 0.6) is 0 Å². The average molecular weight is 296 g/mol. The van der Waals surface area contributed by atoms with Crippen molar-refractivity contribution in [2.75, 3.05) is 19.6 Å². The molecule has 4 nitrogen and oxygen atoms in total. The normalized spacial score (nSPS) is 21.9. The van der Waals surface area contributed by atoms with Gasteiger partial charge >= 0.3 is 0 Å². The van der Waals surface area contributed by atoms with Crippen molar-refractivity contribution in [3.63, 3.8) is 0 Å². The molecule has 122 valence electrons. The van der Waals surface area contributed by atoms with Gasteiger partial charge in [-0.05, 0) is 51.1 Å². The molecule has 1 N–H and O–H groups in total. The zero-order valence-electron chi connectivity index (χ0n) is 14.2. The molecule has 0 aliphatic carbocycles. The van der Waals surface area contributed by atoms with E-state index in [0.717, 1.165) is 19.0 Å². The number of rotatable bonds is 7. The first kappa shape index (κ1) is 18.1. The minimum atomic E-state index is -0.350. The topological polar surface area (TPSA) is 49.4 Å². The Morgan fingerprint density at radius 3 is 2.52 bits per heavy atom. The van der Waals surface area contributed by atoms with Crippen LogP contribution in [0.25, 0.3) is 0 Å². The maximum absolute atomic E-state index is 12.1. The van der Waals surface area contributed by atoms with E-state index in [1.165, 1.54) is 32.1 Å². The first-order valence-corrected chi connectivity index (χ1v) is 8.46. The van der Waals surface area contributed by atoms with Crippen LogP contribution in [0.2, 0.25) is 0 Å². The van der Waals surface area contributed by atoms with Gasteiger partial charge in [-0.1, -0.05) is 33.6 Å². The Morgan fingerprint density at radius 1 is 1.24 bits per heavy atom. The standard InChI is InChI=1S/C17H32N2O2/c1-5-7-15-8-6-10-19(11-9-15)12-16(21)18-17(13(2)3)14(4)20/h13,15,17H,5-12H2,1-4H3,(H,18,21). The summed E-state index contributed by atoms with van der Waals surface area (Å²) < 4.78 is 0. The van der Waals surface area contributed by atoms with Gasteiger partial charge in [0.15, 0.2) is 5.78 Å². The summed E-state index contributed by atoms with van der Waals surface area (Å²) in [6, 6.07) is -0.350. The summed E-state index contributed by atoms with van der Waals surface area (Å²) in [5.41, 5.74) is 0. The molecule has 4 heteroatoms. The fraction of sp³-hybridized carbons (Fsp3) is 0.882. The zero-order chi connectivity index (χ0) is 15.8. The molecule has 1 saturated heterocycles. The van der Waals surface area contributed by atoms with Gasteiger partial charge in [-0.25, -0.2) is 0 Å². The van der Waals surface area contributed by atoms with E-state index in [4.69, 9.17) is 0 Å². The maximum Gasteiger partial charge on any atom is 0.234 e. The molecule has 2 unspecified atom stereocenters. The summed E-state index contributed by atoms with van der Waals surface area (Å²) >= 11 is 0. The molecule has 21 heavy (non-hydrogen) atoms. The van der Waals surface area contributed by atoms with Gasteiger partial charge in [-0.3, -0.25) is 14.5 Å². The molecule has 0 saturated carbocycles. The molecule has 0 aromatic heterocycles. The number of amides is 1. The van der Waals surface area contributed by atoms with Crippen LogP contribution in [0.15, 0.2) is 0 Å². The lowest BCUT2D eigenvalue weighted by molar-refractivity contribution is -0.128. The van der Waals surface area contributed by atoms with Gasteiger partial charge in [0.05, 0.1) is 12.6 Å². The molecular formula is C17H32N2O2. The van der Waals surface area contributed by atoms with Gasteiger partial charge in [-0.15, -0.1) is 0 Å². The third kappa shape index (κ3) is 6.60. The molecule has 0 aromatic carbocycles. The number of likely N-dealkylation sites (tertiary alicyclic amines) is 1. The largest absolute Gasteiger partial charge is 0.345 e. The highest BCUT2D eigenvalue weighted by Crippen LogP contribution is 2.21. The number of hydrogen-bond acceptors (Lipinski definition) is 3. The average Bonchev–Trinajstić information content (AvgIpc) is 2.61. The highest BCUT2D eigenvalue weighted by Gasteiger charge is 2.23. The summed E-state index contributed by atoms with van der Waals surface area (Å²) in [6.07, 6.45) is 6.22. The van der Waals surface area contributed by atoms with Crippen molar-refractivity contribution >= 4 is 11.7 Å². The minimum absolute atomic E-state index is 0.0159. The van der Waals surface area contributed by atoms with Crippen molar-refractivity contribution in [2.45, 2.75) is 65.8 Å². The lowest BCUT2D eigenvalue weighted by atomic mass is 9.96. The number of carbonyl (C=O) groups excluding carboxylic acids is 2. The molecule has 0 spiro atoms. The lowest BCUT2D eigenvalue weighted by Crippen LogP contribution is -2.47. The number of ketones is 1. The van der Waals surface area contributed by atoms with E-state index in [1.54, 1.807) is 6.92 Å². The first-order valence-electron chi connectivity index (χ1n) is 8.46. The van der Waals surface area contributed by atoms with Crippen LogP contribution in [-0.2, 0) is 9.59 Å². The van der Waals surface area contributed by atoms with Crippen molar-refractivity contribution < 1.29 is 9.59 Å². The molecule has 0 bridgehead atoms. The zero-order valence-corrected chi connectivity index (χ0v) is 14.2. The van der Waals surface area contributed by atoms with Crippen LogP contribution in [-0.4, -0.2) is 42.3 Å². The highest BCUT2D eigenvalue weighted by atomic mass is 16.2. The molecule has 0 aromatic rings. The summed E-state index contributed by atoms with van der Waals surface area (Å²) in [6.45, 7) is 10.2. The minimum Gasteiger partial charge on any atom is -0.345 e. The van der Waals surface area contributed by atoms with Crippen LogP contribution in [0.1, 0.15) is 59.8 Å². The van der Waals surface area contributed by atoms with Crippen molar-refractivity contribution in [2.24, 2.45) is 11.8 Å². The molecule has 1 heterocycles. The predicted molar refractivity (Wildman–Crippen MR) is 86.1 cm³/mol. The summed E-state index contributed by atoms with van der Waals surface area (Å²) in [4.78, 5) is 25.9. The maximum atomic E-state index is 12.1. The van der Waals surface area contributed by atoms with Crippen LogP contribution in [0, 0.1) is 11.8 Å². The second-order valence-electron chi connectivity index (χ2n) is 6.76. The van der Waals surface area contributed by atoms with Gasteiger partial charge in [0.25, 0.3) is 0 Å². The van der Waals surface area contributed by atoms with E-state index >= 15 is 0 Å². The van der Waals surface area contributed by atoms with Crippen molar-refractivity contribution in [1.29, 1.82) is 0 Å². The van der Waals surface area contributed by atoms with Crippen molar-refractivity contribution in [3.05, 3.63) is 0 Å². The number of carbonyl (C=O) groups is 2. The Balaban J connectivity index is 2.42. The number of Topliss-reactive ketones (excluding diaryl/α,β-unsaturated/α-hetero) is 1. The van der Waals surface area contributed by atoms with Crippen LogP contribution in [0.3, 0.4) is 0 Å². The van der Waals surface area contributed by atoms with E-state index < -0.39 is 0 Å². The van der Waals surface area contributed by atoms with Gasteiger partial charge in [0.2, 0.25) is 5.91 Å². The van der Waals surface area contributed by atoms with E-state index in [2.05, 4.69) is 17.1 Å². The lowest BCUT2D eigenvalue weighted by Gasteiger charge is -2.23. The molecule has 1 amide bonds. The Morgan fingerprint density at radius 2 is 1.95 bits per heavy atom. The van der Waals surface area contributed by atoms with Crippen LogP contribution in [0.4, 0.5) is 0 Å². The van der Waals surface area contributed by atoms with E-state index in [0.29, 0.717) is 6.54 Å². The SMILES string of the molecule is CCCC1CCCN(CC(=O)NC(C(C)=O)C(C)C)CC1. The Hall–Kier alpha value is -0.900. The van der Waals surface area contributed by atoms with Crippen molar-refractivity contribution in [1.82, 2.24) is 10.2 Å². The Kier molecular flexibility index (Phi) is 7.94. The first-order chi connectivity index (χ1) is 9.93. The Bertz CT molecular complexity index is 342. The summed E-state index contributed by atoms with van der Waals surface area (Å²) in [5.74, 6) is 0.989. The smallest absolute Gasteiger partial charge is 0.234 e. The molecule has 0 radical (unpaired) electrons. The fourth-order valence-electron chi connectivity index (χ4n) is 3.24. The third-order valence-corrected chi connectivity index (χ3v) is 4.43. The second-order valence-corrected chi connectivity index (χ2v) is 6.76. The summed E-state index contributed by atoms with van der Waals surface area (Å²) in [5, 5.41) is 2.89. The van der Waals surface area contributed by atoms with Crippen molar-refractivity contribution in [3.8, 4) is 0 Å². The van der Waals surface area contributed by atoms with Gasteiger partial charge < -0.3 is 5.32 Å². The number of hydrogen-bond donors (Lipinski definition) is 1. The highest BCUT2D eigenvalue weighted by molar-refractivity contribution is 5.88. The van der Waals surface area contributed by atoms with Gasteiger partial charge in [-0.2, -0.15) is 0 Å². The number of nitrogens with one attached hydrogen (secondary N) is 1. The Labute approximate surface area is 129 Å². The monoisotopic (exact) mass is 296 g/mol. The quantitative estimate of drug-likeness (QED) is 0.785. The van der Waals surface area contributed by atoms with E-state index in [1.807, 2.05) is 13.8 Å². The molecule has 1 fully saturated rings. The van der Waals surface area contributed by atoms with E-state index in [9.17, 15) is 9.59 Å². The number of nitrogens with zero attached hydrogens (tertiary/aromatic N) is 1. The van der Waals surface area contributed by atoms with Crippen LogP contribution >= 0.6 is 0 Å². The summed E-state index contributed by atoms with van der Waals surface area (Å²) in [7, 11) is 0. The molecular weight excluding hydrogens is 264 g/mol. The molecule has 1 aliphatic rings. The second kappa shape index (κ2) is 9.19. The third-order valence-electron chi connectivity index (χ3n) is 4.43.